The molecular formula is C15H15N3O3. The minimum atomic E-state index is -0.385. The van der Waals surface area contributed by atoms with Gasteiger partial charge in [-0.15, -0.1) is 0 Å². The molecule has 1 aliphatic heterocycles. The Kier molecular flexibility index (Phi) is 3.43. The first kappa shape index (κ1) is 13.4. The van der Waals surface area contributed by atoms with E-state index in [0.29, 0.717) is 18.9 Å². The summed E-state index contributed by atoms with van der Waals surface area (Å²) in [5.41, 5.74) is 2.35. The summed E-state index contributed by atoms with van der Waals surface area (Å²) in [5, 5.41) is 11.1. The van der Waals surface area contributed by atoms with E-state index in [9.17, 15) is 10.1 Å². The van der Waals surface area contributed by atoms with Crippen molar-refractivity contribution in [3.05, 3.63) is 57.8 Å². The van der Waals surface area contributed by atoms with Gasteiger partial charge in [0, 0.05) is 30.9 Å². The van der Waals surface area contributed by atoms with Crippen molar-refractivity contribution in [3.8, 4) is 5.75 Å². The van der Waals surface area contributed by atoms with Crippen LogP contribution < -0.4 is 9.64 Å². The summed E-state index contributed by atoms with van der Waals surface area (Å²) in [6, 6.07) is 8.98. The van der Waals surface area contributed by atoms with Crippen LogP contribution in [0.2, 0.25) is 0 Å². The molecule has 0 N–H and O–H groups in total. The number of pyridine rings is 1. The quantitative estimate of drug-likeness (QED) is 0.640. The highest BCUT2D eigenvalue weighted by atomic mass is 16.6. The van der Waals surface area contributed by atoms with Crippen molar-refractivity contribution >= 4 is 11.5 Å². The number of hydrogen-bond donors (Lipinski definition) is 0. The lowest BCUT2D eigenvalue weighted by Gasteiger charge is -2.30. The lowest BCUT2D eigenvalue weighted by atomic mass is 9.98. The Balaban J connectivity index is 1.96. The molecule has 3 rings (SSSR count). The van der Waals surface area contributed by atoms with Crippen LogP contribution in [0.25, 0.3) is 0 Å². The summed E-state index contributed by atoms with van der Waals surface area (Å²) < 4.78 is 5.37. The van der Waals surface area contributed by atoms with Crippen molar-refractivity contribution < 1.29 is 9.66 Å². The second-order valence-electron chi connectivity index (χ2n) is 4.87. The maximum Gasteiger partial charge on any atom is 0.311 e. The van der Waals surface area contributed by atoms with Gasteiger partial charge in [-0.3, -0.25) is 10.1 Å². The summed E-state index contributed by atoms with van der Waals surface area (Å²) >= 11 is 0. The largest absolute Gasteiger partial charge is 0.496 e. The fraction of sp³-hybridized carbons (Fsp3) is 0.267. The van der Waals surface area contributed by atoms with Crippen LogP contribution in [0.5, 0.6) is 5.75 Å². The van der Waals surface area contributed by atoms with Gasteiger partial charge < -0.3 is 9.64 Å². The summed E-state index contributed by atoms with van der Waals surface area (Å²) in [5.74, 6) is 1.30. The predicted octanol–water partition coefficient (Wildman–Crippen LogP) is 2.56. The van der Waals surface area contributed by atoms with Crippen molar-refractivity contribution in [1.82, 2.24) is 4.98 Å². The number of hydrogen-bond acceptors (Lipinski definition) is 5. The first-order valence-electron chi connectivity index (χ1n) is 6.70. The predicted molar refractivity (Wildman–Crippen MR) is 78.6 cm³/mol. The fourth-order valence-corrected chi connectivity index (χ4v) is 2.72. The molecule has 1 aromatic heterocycles. The molecule has 0 fully saturated rings. The highest BCUT2D eigenvalue weighted by molar-refractivity contribution is 5.59. The van der Waals surface area contributed by atoms with Crippen LogP contribution in [0.1, 0.15) is 11.1 Å². The van der Waals surface area contributed by atoms with Crippen molar-refractivity contribution in [1.29, 1.82) is 0 Å². The van der Waals surface area contributed by atoms with Crippen LogP contribution in [-0.2, 0) is 13.0 Å². The van der Waals surface area contributed by atoms with E-state index in [1.54, 1.807) is 19.4 Å². The number of methoxy groups -OCH3 is 1. The minimum Gasteiger partial charge on any atom is -0.496 e. The van der Waals surface area contributed by atoms with Crippen LogP contribution in [-0.4, -0.2) is 23.6 Å². The molecule has 6 heteroatoms. The van der Waals surface area contributed by atoms with Crippen molar-refractivity contribution in [2.75, 3.05) is 18.6 Å². The maximum absolute atomic E-state index is 11.1. The number of anilines is 1. The molecule has 0 saturated heterocycles. The molecule has 1 aliphatic rings. The molecule has 2 aromatic rings. The molecule has 108 valence electrons. The molecule has 1 aromatic carbocycles. The smallest absolute Gasteiger partial charge is 0.311 e. The van der Waals surface area contributed by atoms with Gasteiger partial charge >= 0.3 is 5.69 Å². The van der Waals surface area contributed by atoms with Crippen LogP contribution in [0.3, 0.4) is 0 Å². The second-order valence-corrected chi connectivity index (χ2v) is 4.87. The van der Waals surface area contributed by atoms with Gasteiger partial charge in [0.05, 0.1) is 12.0 Å². The van der Waals surface area contributed by atoms with Crippen molar-refractivity contribution in [3.63, 3.8) is 0 Å². The molecular weight excluding hydrogens is 270 g/mol. The molecule has 0 amide bonds. The average Bonchev–Trinajstić information content (AvgIpc) is 2.53. The van der Waals surface area contributed by atoms with E-state index < -0.39 is 0 Å². The lowest BCUT2D eigenvalue weighted by molar-refractivity contribution is -0.384. The first-order valence-corrected chi connectivity index (χ1v) is 6.70. The molecule has 21 heavy (non-hydrogen) atoms. The third-order valence-electron chi connectivity index (χ3n) is 3.71. The maximum atomic E-state index is 11.1. The lowest BCUT2D eigenvalue weighted by Crippen LogP contribution is -2.31. The van der Waals surface area contributed by atoms with Gasteiger partial charge in [0.2, 0.25) is 5.82 Å². The van der Waals surface area contributed by atoms with Crippen molar-refractivity contribution in [2.24, 2.45) is 0 Å². The minimum absolute atomic E-state index is 0.0452. The average molecular weight is 285 g/mol. The zero-order valence-corrected chi connectivity index (χ0v) is 11.7. The highest BCUT2D eigenvalue weighted by Crippen LogP contribution is 2.32. The molecule has 0 spiro atoms. The first-order chi connectivity index (χ1) is 10.2. The number of nitrogens with zero attached hydrogens (tertiary/aromatic N) is 3. The Morgan fingerprint density at radius 2 is 2.19 bits per heavy atom. The second kappa shape index (κ2) is 5.40. The molecule has 0 radical (unpaired) electrons. The molecule has 0 unspecified atom stereocenters. The zero-order chi connectivity index (χ0) is 14.8. The summed E-state index contributed by atoms with van der Waals surface area (Å²) in [6.45, 7) is 1.29. The van der Waals surface area contributed by atoms with Gasteiger partial charge in [-0.1, -0.05) is 12.1 Å². The van der Waals surface area contributed by atoms with E-state index in [0.717, 1.165) is 17.7 Å². The monoisotopic (exact) mass is 285 g/mol. The Bertz CT molecular complexity index is 688. The van der Waals surface area contributed by atoms with Gasteiger partial charge in [0.25, 0.3) is 0 Å². The molecule has 0 aliphatic carbocycles. The number of benzene rings is 1. The standard InChI is InChI=1S/C15H15N3O3/c1-21-14-6-2-4-11-10-17(9-7-12(11)14)15-13(18(19)20)5-3-8-16-15/h2-6,8H,7,9-10H2,1H3. The van der Waals surface area contributed by atoms with Crippen LogP contribution in [0.4, 0.5) is 11.5 Å². The zero-order valence-electron chi connectivity index (χ0n) is 11.7. The Hall–Kier alpha value is -2.63. The highest BCUT2D eigenvalue weighted by Gasteiger charge is 2.25. The van der Waals surface area contributed by atoms with E-state index in [-0.39, 0.29) is 10.6 Å². The number of aromatic nitrogens is 1. The van der Waals surface area contributed by atoms with Gasteiger partial charge in [0.1, 0.15) is 5.75 Å². The normalized spacial score (nSPS) is 13.7. The number of ether oxygens (including phenoxy) is 1. The summed E-state index contributed by atoms with van der Waals surface area (Å²) in [6.07, 6.45) is 2.37. The van der Waals surface area contributed by atoms with E-state index in [1.807, 2.05) is 23.1 Å². The summed E-state index contributed by atoms with van der Waals surface area (Å²) in [4.78, 5) is 16.9. The topological polar surface area (TPSA) is 68.5 Å². The summed E-state index contributed by atoms with van der Waals surface area (Å²) in [7, 11) is 1.66. The van der Waals surface area contributed by atoms with Gasteiger partial charge in [-0.2, -0.15) is 0 Å². The Morgan fingerprint density at radius 1 is 1.33 bits per heavy atom. The SMILES string of the molecule is COc1cccc2c1CCN(c1ncccc1[N+](=O)[O-])C2. The van der Waals surface area contributed by atoms with E-state index in [2.05, 4.69) is 4.98 Å². The van der Waals surface area contributed by atoms with Crippen molar-refractivity contribution in [2.45, 2.75) is 13.0 Å². The fourth-order valence-electron chi connectivity index (χ4n) is 2.72. The third-order valence-corrected chi connectivity index (χ3v) is 3.71. The molecule has 0 saturated carbocycles. The van der Waals surface area contributed by atoms with Crippen LogP contribution in [0.15, 0.2) is 36.5 Å². The third kappa shape index (κ3) is 2.40. The van der Waals surface area contributed by atoms with E-state index >= 15 is 0 Å². The Labute approximate surface area is 122 Å². The van der Waals surface area contributed by atoms with Gasteiger partial charge in [0.15, 0.2) is 0 Å². The number of nitro groups is 1. The molecule has 0 bridgehead atoms. The van der Waals surface area contributed by atoms with E-state index in [1.165, 1.54) is 11.6 Å². The van der Waals surface area contributed by atoms with Gasteiger partial charge in [-0.25, -0.2) is 4.98 Å². The van der Waals surface area contributed by atoms with Crippen LogP contribution in [0, 0.1) is 10.1 Å². The molecule has 6 nitrogen and oxygen atoms in total. The molecule has 2 heterocycles. The molecule has 0 atom stereocenters. The Morgan fingerprint density at radius 3 is 2.95 bits per heavy atom. The van der Waals surface area contributed by atoms with Crippen LogP contribution >= 0.6 is 0 Å². The number of rotatable bonds is 3. The number of fused-ring (bicyclic) bond motifs is 1. The van der Waals surface area contributed by atoms with E-state index in [4.69, 9.17) is 4.74 Å². The van der Waals surface area contributed by atoms with Gasteiger partial charge in [-0.05, 0) is 24.1 Å².